The van der Waals surface area contributed by atoms with Crippen molar-refractivity contribution in [1.82, 2.24) is 9.55 Å². The van der Waals surface area contributed by atoms with E-state index in [-0.39, 0.29) is 0 Å². The van der Waals surface area contributed by atoms with Crippen molar-refractivity contribution in [3.8, 4) is 0 Å². The van der Waals surface area contributed by atoms with Gasteiger partial charge in [-0.05, 0) is 29.7 Å². The van der Waals surface area contributed by atoms with Gasteiger partial charge < -0.3 is 15.6 Å². The zero-order valence-corrected chi connectivity index (χ0v) is 14.4. The number of rotatable bonds is 6. The van der Waals surface area contributed by atoms with Gasteiger partial charge in [0, 0.05) is 24.6 Å². The summed E-state index contributed by atoms with van der Waals surface area (Å²) in [5.74, 6) is 1.28. The lowest BCUT2D eigenvalue weighted by Gasteiger charge is -2.08. The monoisotopic (exact) mass is 333 g/mol. The van der Waals surface area contributed by atoms with Crippen LogP contribution in [0.15, 0.2) is 72.0 Å². The van der Waals surface area contributed by atoms with Crippen molar-refractivity contribution < 1.29 is 0 Å². The number of imidazole rings is 1. The Morgan fingerprint density at radius 2 is 1.92 bits per heavy atom. The molecule has 0 fully saturated rings. The third-order valence-electron chi connectivity index (χ3n) is 4.00. The van der Waals surface area contributed by atoms with Crippen LogP contribution in [0.2, 0.25) is 0 Å². The lowest BCUT2D eigenvalue weighted by atomic mass is 10.1. The molecular weight excluding hydrogens is 310 g/mol. The Balaban J connectivity index is 1.64. The lowest BCUT2D eigenvalue weighted by molar-refractivity contribution is 0.724. The molecule has 2 aromatic carbocycles. The van der Waals surface area contributed by atoms with E-state index in [1.807, 2.05) is 36.5 Å². The highest BCUT2D eigenvalue weighted by molar-refractivity contribution is 5.92. The second-order valence-corrected chi connectivity index (χ2v) is 5.84. The first-order chi connectivity index (χ1) is 12.2. The Labute approximate surface area is 148 Å². The first-order valence-electron chi connectivity index (χ1n) is 8.44. The van der Waals surface area contributed by atoms with Gasteiger partial charge in [-0.2, -0.15) is 0 Å². The summed E-state index contributed by atoms with van der Waals surface area (Å²) in [6.45, 7) is 3.34. The normalized spacial score (nSPS) is 11.5. The van der Waals surface area contributed by atoms with Gasteiger partial charge in [-0.3, -0.25) is 0 Å². The zero-order valence-electron chi connectivity index (χ0n) is 14.4. The fourth-order valence-electron chi connectivity index (χ4n) is 2.63. The van der Waals surface area contributed by atoms with E-state index >= 15 is 0 Å². The minimum absolute atomic E-state index is 0.391. The molecule has 0 aliphatic rings. The molecule has 0 bridgehead atoms. The molecule has 0 radical (unpaired) electrons. The van der Waals surface area contributed by atoms with Crippen LogP contribution in [0.25, 0.3) is 0 Å². The number of nitrogens with zero attached hydrogens (tertiary/aromatic N) is 3. The minimum atomic E-state index is 0.391. The summed E-state index contributed by atoms with van der Waals surface area (Å²) in [6, 6.07) is 18.5. The Morgan fingerprint density at radius 1 is 1.12 bits per heavy atom. The van der Waals surface area contributed by atoms with Gasteiger partial charge in [0.15, 0.2) is 5.96 Å². The number of guanidine groups is 1. The van der Waals surface area contributed by atoms with Crippen molar-refractivity contribution in [2.24, 2.45) is 10.7 Å². The van der Waals surface area contributed by atoms with Gasteiger partial charge in [0.25, 0.3) is 0 Å². The number of nitrogens with two attached hydrogens (primary N) is 1. The van der Waals surface area contributed by atoms with Crippen LogP contribution in [0.3, 0.4) is 0 Å². The summed E-state index contributed by atoms with van der Waals surface area (Å²) in [7, 11) is 0. The van der Waals surface area contributed by atoms with Crippen LogP contribution >= 0.6 is 0 Å². The molecule has 3 N–H and O–H groups in total. The summed E-state index contributed by atoms with van der Waals surface area (Å²) in [5, 5.41) is 3.14. The molecule has 0 aliphatic heterocycles. The van der Waals surface area contributed by atoms with E-state index in [9.17, 15) is 0 Å². The maximum atomic E-state index is 6.02. The van der Waals surface area contributed by atoms with Gasteiger partial charge in [0.1, 0.15) is 12.4 Å². The van der Waals surface area contributed by atoms with Crippen molar-refractivity contribution in [2.75, 3.05) is 5.32 Å². The fraction of sp³-hybridized carbons (Fsp3) is 0.200. The number of aromatic nitrogens is 2. The van der Waals surface area contributed by atoms with Crippen LogP contribution in [0, 0.1) is 0 Å². The minimum Gasteiger partial charge on any atom is -0.370 e. The molecule has 0 unspecified atom stereocenters. The van der Waals surface area contributed by atoms with Crippen molar-refractivity contribution in [3.05, 3.63) is 83.9 Å². The molecule has 0 aliphatic carbocycles. The highest BCUT2D eigenvalue weighted by Crippen LogP contribution is 2.11. The van der Waals surface area contributed by atoms with Crippen LogP contribution in [0.1, 0.15) is 23.9 Å². The van der Waals surface area contributed by atoms with Gasteiger partial charge >= 0.3 is 0 Å². The number of hydrogen-bond donors (Lipinski definition) is 2. The van der Waals surface area contributed by atoms with E-state index in [0.717, 1.165) is 24.5 Å². The zero-order chi connectivity index (χ0) is 17.5. The van der Waals surface area contributed by atoms with Crippen LogP contribution in [0.5, 0.6) is 0 Å². The van der Waals surface area contributed by atoms with Gasteiger partial charge in [-0.15, -0.1) is 0 Å². The highest BCUT2D eigenvalue weighted by Gasteiger charge is 2.04. The number of aryl methyl sites for hydroxylation is 1. The van der Waals surface area contributed by atoms with Gasteiger partial charge in [0.05, 0.1) is 0 Å². The van der Waals surface area contributed by atoms with Gasteiger partial charge in [-0.25, -0.2) is 9.98 Å². The number of hydrogen-bond acceptors (Lipinski definition) is 2. The average Bonchev–Trinajstić information content (AvgIpc) is 3.08. The molecule has 5 nitrogen and oxygen atoms in total. The molecule has 0 spiro atoms. The van der Waals surface area contributed by atoms with E-state index in [1.54, 1.807) is 6.20 Å². The van der Waals surface area contributed by atoms with Crippen molar-refractivity contribution in [3.63, 3.8) is 0 Å². The van der Waals surface area contributed by atoms with Crippen LogP contribution in [-0.2, 0) is 19.5 Å². The molecule has 1 heterocycles. The molecule has 5 heteroatoms. The Bertz CT molecular complexity index is 836. The van der Waals surface area contributed by atoms with Gasteiger partial charge in [0.2, 0.25) is 0 Å². The Kier molecular flexibility index (Phi) is 5.46. The molecule has 3 aromatic rings. The predicted octanol–water partition coefficient (Wildman–Crippen LogP) is 3.42. The highest BCUT2D eigenvalue weighted by atomic mass is 15.1. The van der Waals surface area contributed by atoms with Gasteiger partial charge in [-0.1, -0.05) is 49.4 Å². The second kappa shape index (κ2) is 8.15. The molecule has 128 valence electrons. The summed E-state index contributed by atoms with van der Waals surface area (Å²) < 4.78 is 2.09. The van der Waals surface area contributed by atoms with Crippen molar-refractivity contribution in [2.45, 2.75) is 26.4 Å². The van der Waals surface area contributed by atoms with Crippen molar-refractivity contribution in [1.29, 1.82) is 0 Å². The van der Waals surface area contributed by atoms with Crippen molar-refractivity contribution >= 4 is 11.6 Å². The number of anilines is 1. The average molecular weight is 333 g/mol. The first kappa shape index (κ1) is 16.8. The van der Waals surface area contributed by atoms with E-state index in [1.165, 1.54) is 11.1 Å². The number of benzene rings is 2. The quantitative estimate of drug-likeness (QED) is 0.536. The molecule has 0 saturated carbocycles. The summed E-state index contributed by atoms with van der Waals surface area (Å²) in [6.07, 6.45) is 4.75. The largest absolute Gasteiger partial charge is 0.370 e. The van der Waals surface area contributed by atoms with E-state index in [0.29, 0.717) is 12.5 Å². The number of nitrogens with one attached hydrogen (secondary N) is 1. The maximum absolute atomic E-state index is 6.02. The van der Waals surface area contributed by atoms with Crippen LogP contribution in [0.4, 0.5) is 5.69 Å². The summed E-state index contributed by atoms with van der Waals surface area (Å²) >= 11 is 0. The molecule has 0 amide bonds. The molecule has 25 heavy (non-hydrogen) atoms. The first-order valence-corrected chi connectivity index (χ1v) is 8.44. The Hall–Kier alpha value is -3.08. The predicted molar refractivity (Wildman–Crippen MR) is 103 cm³/mol. The maximum Gasteiger partial charge on any atom is 0.193 e. The topological polar surface area (TPSA) is 68.2 Å². The van der Waals surface area contributed by atoms with Crippen LogP contribution in [-0.4, -0.2) is 15.5 Å². The smallest absolute Gasteiger partial charge is 0.193 e. The van der Waals surface area contributed by atoms with E-state index in [2.05, 4.69) is 51.0 Å². The Morgan fingerprint density at radius 3 is 2.72 bits per heavy atom. The molecule has 1 aromatic heterocycles. The lowest BCUT2D eigenvalue weighted by Crippen LogP contribution is -2.23. The molecule has 3 rings (SSSR count). The summed E-state index contributed by atoms with van der Waals surface area (Å²) in [5.41, 5.74) is 9.46. The standard InChI is InChI=1S/C20H23N5/c1-2-16-9-6-10-18(13-16)24-20(21)23-14-19-22-11-12-25(19)15-17-7-4-3-5-8-17/h3-13H,2,14-15H2,1H3,(H3,21,23,24). The molecular formula is C20H23N5. The molecule has 0 atom stereocenters. The fourth-order valence-corrected chi connectivity index (χ4v) is 2.63. The third-order valence-corrected chi connectivity index (χ3v) is 4.00. The number of aliphatic imine (C=N–C) groups is 1. The van der Waals surface area contributed by atoms with E-state index in [4.69, 9.17) is 5.73 Å². The SMILES string of the molecule is CCc1cccc(NC(N)=NCc2nccn2Cc2ccccc2)c1. The summed E-state index contributed by atoms with van der Waals surface area (Å²) in [4.78, 5) is 8.81. The molecule has 0 saturated heterocycles. The second-order valence-electron chi connectivity index (χ2n) is 5.84. The van der Waals surface area contributed by atoms with Crippen LogP contribution < -0.4 is 11.1 Å². The third kappa shape index (κ3) is 4.70. The van der Waals surface area contributed by atoms with E-state index < -0.39 is 0 Å².